The predicted molar refractivity (Wildman–Crippen MR) is 80.1 cm³/mol. The minimum atomic E-state index is -0.236. The predicted octanol–water partition coefficient (Wildman–Crippen LogP) is 2.01. The van der Waals surface area contributed by atoms with E-state index in [9.17, 15) is 9.18 Å². The molecule has 0 spiro atoms. The van der Waals surface area contributed by atoms with Crippen LogP contribution in [0.1, 0.15) is 11.5 Å². The van der Waals surface area contributed by atoms with Gasteiger partial charge in [0.1, 0.15) is 11.6 Å². The molecule has 0 aliphatic carbocycles. The number of carbonyl (C=O) groups excluding carboxylic acids is 1. The topological polar surface area (TPSA) is 49.6 Å². The van der Waals surface area contributed by atoms with E-state index in [1.54, 1.807) is 18.2 Å². The van der Waals surface area contributed by atoms with Crippen LogP contribution in [0.2, 0.25) is 0 Å². The Hall–Kier alpha value is -2.37. The summed E-state index contributed by atoms with van der Waals surface area (Å²) in [7, 11) is 0. The second-order valence-electron chi connectivity index (χ2n) is 5.45. The SMILES string of the molecule is Cc1cc(CC(=O)N2CCN(c3ccc(F)cc3)CC2)no1. The van der Waals surface area contributed by atoms with Gasteiger partial charge in [-0.15, -0.1) is 0 Å². The Balaban J connectivity index is 1.54. The van der Waals surface area contributed by atoms with Crippen molar-refractivity contribution in [3.8, 4) is 0 Å². The average Bonchev–Trinajstić information content (AvgIpc) is 2.93. The largest absolute Gasteiger partial charge is 0.368 e. The molecule has 1 saturated heterocycles. The van der Waals surface area contributed by atoms with E-state index in [1.165, 1.54) is 12.1 Å². The summed E-state index contributed by atoms with van der Waals surface area (Å²) in [5.74, 6) is 0.538. The standard InChI is InChI=1S/C16H18FN3O2/c1-12-10-14(18-22-12)11-16(21)20-8-6-19(7-9-20)15-4-2-13(17)3-5-15/h2-5,10H,6-9,11H2,1H3. The number of anilines is 1. The second-order valence-corrected chi connectivity index (χ2v) is 5.45. The molecule has 22 heavy (non-hydrogen) atoms. The van der Waals surface area contributed by atoms with E-state index in [0.717, 1.165) is 18.8 Å². The van der Waals surface area contributed by atoms with Gasteiger partial charge < -0.3 is 14.3 Å². The normalized spacial score (nSPS) is 15.2. The van der Waals surface area contributed by atoms with Gasteiger partial charge in [-0.25, -0.2) is 4.39 Å². The fraction of sp³-hybridized carbons (Fsp3) is 0.375. The first-order chi connectivity index (χ1) is 10.6. The molecular formula is C16H18FN3O2. The van der Waals surface area contributed by atoms with Crippen LogP contribution in [0.4, 0.5) is 10.1 Å². The van der Waals surface area contributed by atoms with Gasteiger partial charge in [0.25, 0.3) is 0 Å². The van der Waals surface area contributed by atoms with Crippen molar-refractivity contribution in [3.63, 3.8) is 0 Å². The zero-order chi connectivity index (χ0) is 15.5. The number of rotatable bonds is 3. The molecule has 6 heteroatoms. The maximum absolute atomic E-state index is 12.9. The lowest BCUT2D eigenvalue weighted by molar-refractivity contribution is -0.130. The number of benzene rings is 1. The Kier molecular flexibility index (Phi) is 4.09. The number of nitrogens with zero attached hydrogens (tertiary/aromatic N) is 3. The number of hydrogen-bond donors (Lipinski definition) is 0. The Morgan fingerprint density at radius 1 is 1.23 bits per heavy atom. The highest BCUT2D eigenvalue weighted by atomic mass is 19.1. The second kappa shape index (κ2) is 6.17. The van der Waals surface area contributed by atoms with Crippen molar-refractivity contribution in [1.29, 1.82) is 0 Å². The number of aromatic nitrogens is 1. The molecule has 2 heterocycles. The van der Waals surface area contributed by atoms with E-state index in [2.05, 4.69) is 10.1 Å². The third-order valence-electron chi connectivity index (χ3n) is 3.83. The highest BCUT2D eigenvalue weighted by molar-refractivity contribution is 5.78. The Bertz CT molecular complexity index is 646. The quantitative estimate of drug-likeness (QED) is 0.870. The Morgan fingerprint density at radius 3 is 2.50 bits per heavy atom. The van der Waals surface area contributed by atoms with Gasteiger partial charge in [-0.3, -0.25) is 4.79 Å². The molecule has 0 radical (unpaired) electrons. The van der Waals surface area contributed by atoms with Crippen LogP contribution in [0.15, 0.2) is 34.9 Å². The van der Waals surface area contributed by atoms with Crippen molar-refractivity contribution in [2.45, 2.75) is 13.3 Å². The van der Waals surface area contributed by atoms with E-state index in [-0.39, 0.29) is 18.1 Å². The van der Waals surface area contributed by atoms with Gasteiger partial charge in [0.15, 0.2) is 0 Å². The third kappa shape index (κ3) is 3.27. The number of amides is 1. The van der Waals surface area contributed by atoms with Gasteiger partial charge in [0, 0.05) is 37.9 Å². The van der Waals surface area contributed by atoms with Gasteiger partial charge in [0.2, 0.25) is 5.91 Å². The molecule has 5 nitrogen and oxygen atoms in total. The summed E-state index contributed by atoms with van der Waals surface area (Å²) in [5.41, 5.74) is 1.66. The number of piperazine rings is 1. The summed E-state index contributed by atoms with van der Waals surface area (Å²) in [6.07, 6.45) is 0.272. The molecule has 0 bridgehead atoms. The monoisotopic (exact) mass is 303 g/mol. The highest BCUT2D eigenvalue weighted by Gasteiger charge is 2.22. The van der Waals surface area contributed by atoms with Crippen LogP contribution in [0.5, 0.6) is 0 Å². The Morgan fingerprint density at radius 2 is 1.91 bits per heavy atom. The smallest absolute Gasteiger partial charge is 0.228 e. The van der Waals surface area contributed by atoms with Crippen LogP contribution in [-0.4, -0.2) is 42.1 Å². The minimum absolute atomic E-state index is 0.0621. The summed E-state index contributed by atoms with van der Waals surface area (Å²) in [6, 6.07) is 8.24. The lowest BCUT2D eigenvalue weighted by Gasteiger charge is -2.36. The van der Waals surface area contributed by atoms with E-state index >= 15 is 0 Å². The van der Waals surface area contributed by atoms with Crippen molar-refractivity contribution < 1.29 is 13.7 Å². The maximum Gasteiger partial charge on any atom is 0.228 e. The summed E-state index contributed by atoms with van der Waals surface area (Å²) >= 11 is 0. The zero-order valence-electron chi connectivity index (χ0n) is 12.5. The van der Waals surface area contributed by atoms with Crippen molar-refractivity contribution in [1.82, 2.24) is 10.1 Å². The van der Waals surface area contributed by atoms with E-state index in [1.807, 2.05) is 11.8 Å². The molecular weight excluding hydrogens is 285 g/mol. The first-order valence-electron chi connectivity index (χ1n) is 7.32. The summed E-state index contributed by atoms with van der Waals surface area (Å²) < 4.78 is 17.9. The molecule has 1 aromatic carbocycles. The molecule has 1 fully saturated rings. The molecule has 0 saturated carbocycles. The number of carbonyl (C=O) groups is 1. The van der Waals surface area contributed by atoms with Gasteiger partial charge in [-0.05, 0) is 31.2 Å². The van der Waals surface area contributed by atoms with Crippen LogP contribution in [-0.2, 0) is 11.2 Å². The molecule has 1 amide bonds. The van der Waals surface area contributed by atoms with Gasteiger partial charge in [-0.2, -0.15) is 0 Å². The first-order valence-corrected chi connectivity index (χ1v) is 7.32. The van der Waals surface area contributed by atoms with Crippen LogP contribution >= 0.6 is 0 Å². The van der Waals surface area contributed by atoms with E-state index in [4.69, 9.17) is 4.52 Å². The summed E-state index contributed by atoms with van der Waals surface area (Å²) in [5, 5.41) is 3.85. The summed E-state index contributed by atoms with van der Waals surface area (Å²) in [6.45, 7) is 4.62. The van der Waals surface area contributed by atoms with E-state index < -0.39 is 0 Å². The summed E-state index contributed by atoms with van der Waals surface area (Å²) in [4.78, 5) is 16.2. The molecule has 1 aliphatic rings. The minimum Gasteiger partial charge on any atom is -0.368 e. The lowest BCUT2D eigenvalue weighted by Crippen LogP contribution is -2.49. The molecule has 3 rings (SSSR count). The average molecular weight is 303 g/mol. The number of halogens is 1. The third-order valence-corrected chi connectivity index (χ3v) is 3.83. The maximum atomic E-state index is 12.9. The fourth-order valence-electron chi connectivity index (χ4n) is 2.63. The van der Waals surface area contributed by atoms with Crippen LogP contribution in [0, 0.1) is 12.7 Å². The number of hydrogen-bond acceptors (Lipinski definition) is 4. The zero-order valence-corrected chi connectivity index (χ0v) is 12.5. The molecule has 0 N–H and O–H groups in total. The van der Waals surface area contributed by atoms with Crippen LogP contribution in [0.25, 0.3) is 0 Å². The molecule has 0 atom stereocenters. The van der Waals surface area contributed by atoms with Crippen LogP contribution < -0.4 is 4.90 Å². The fourth-order valence-corrected chi connectivity index (χ4v) is 2.63. The number of aryl methyl sites for hydroxylation is 1. The van der Waals surface area contributed by atoms with Gasteiger partial charge >= 0.3 is 0 Å². The molecule has 116 valence electrons. The Labute approximate surface area is 128 Å². The first kappa shape index (κ1) is 14.6. The molecule has 0 unspecified atom stereocenters. The van der Waals surface area contributed by atoms with Crippen molar-refractivity contribution in [2.24, 2.45) is 0 Å². The van der Waals surface area contributed by atoms with Crippen LogP contribution in [0.3, 0.4) is 0 Å². The van der Waals surface area contributed by atoms with Gasteiger partial charge in [0.05, 0.1) is 12.1 Å². The lowest BCUT2D eigenvalue weighted by atomic mass is 10.2. The van der Waals surface area contributed by atoms with Crippen molar-refractivity contribution in [3.05, 3.63) is 47.6 Å². The van der Waals surface area contributed by atoms with Gasteiger partial charge in [-0.1, -0.05) is 5.16 Å². The highest BCUT2D eigenvalue weighted by Crippen LogP contribution is 2.17. The molecule has 1 aliphatic heterocycles. The van der Waals surface area contributed by atoms with Crippen molar-refractivity contribution >= 4 is 11.6 Å². The van der Waals surface area contributed by atoms with E-state index in [0.29, 0.717) is 24.5 Å². The van der Waals surface area contributed by atoms with Crippen molar-refractivity contribution in [2.75, 3.05) is 31.1 Å². The molecule has 2 aromatic rings. The molecule has 1 aromatic heterocycles.